The normalized spacial score (nSPS) is 11.1. The molecular weight excluding hydrogens is 296 g/mol. The highest BCUT2D eigenvalue weighted by molar-refractivity contribution is 7.99. The van der Waals surface area contributed by atoms with Crippen LogP contribution < -0.4 is 0 Å². The van der Waals surface area contributed by atoms with Crippen LogP contribution >= 0.6 is 11.8 Å². The van der Waals surface area contributed by atoms with Gasteiger partial charge in [0.1, 0.15) is 5.75 Å². The maximum atomic E-state index is 9.33. The van der Waals surface area contributed by atoms with E-state index < -0.39 is 0 Å². The van der Waals surface area contributed by atoms with E-state index in [-0.39, 0.29) is 5.75 Å². The van der Waals surface area contributed by atoms with Crippen LogP contribution in [0, 0.1) is 0 Å². The number of tetrazole rings is 1. The fourth-order valence-corrected chi connectivity index (χ4v) is 2.60. The van der Waals surface area contributed by atoms with E-state index in [4.69, 9.17) is 0 Å². The molecule has 110 valence electrons. The number of thioether (sulfide) groups is 1. The van der Waals surface area contributed by atoms with Crippen LogP contribution in [0.15, 0.2) is 65.8 Å². The van der Waals surface area contributed by atoms with Gasteiger partial charge in [0.25, 0.3) is 0 Å². The summed E-state index contributed by atoms with van der Waals surface area (Å²) in [4.78, 5) is 0. The second kappa shape index (κ2) is 6.91. The third-order valence-electron chi connectivity index (χ3n) is 2.95. The first kappa shape index (κ1) is 14.3. The second-order valence-electron chi connectivity index (χ2n) is 4.51. The van der Waals surface area contributed by atoms with Gasteiger partial charge in [-0.05, 0) is 40.3 Å². The molecule has 5 nitrogen and oxygen atoms in total. The molecule has 1 heterocycles. The summed E-state index contributed by atoms with van der Waals surface area (Å²) in [6.45, 7) is 0. The van der Waals surface area contributed by atoms with Gasteiger partial charge in [-0.15, -0.1) is 5.10 Å². The van der Waals surface area contributed by atoms with Crippen LogP contribution in [-0.2, 0) is 0 Å². The summed E-state index contributed by atoms with van der Waals surface area (Å²) < 4.78 is 1.65. The number of phenols is 1. The molecule has 0 spiro atoms. The summed E-state index contributed by atoms with van der Waals surface area (Å²) in [6, 6.07) is 16.9. The van der Waals surface area contributed by atoms with Crippen LogP contribution in [0.5, 0.6) is 5.75 Å². The first-order valence-electron chi connectivity index (χ1n) is 6.75. The fraction of sp³-hybridized carbons (Fsp3) is 0.0625. The Morgan fingerprint density at radius 2 is 1.82 bits per heavy atom. The minimum atomic E-state index is 0.219. The van der Waals surface area contributed by atoms with Gasteiger partial charge in [0.15, 0.2) is 0 Å². The van der Waals surface area contributed by atoms with E-state index in [0.717, 1.165) is 11.4 Å². The third-order valence-corrected chi connectivity index (χ3v) is 3.83. The summed E-state index contributed by atoms with van der Waals surface area (Å²) in [5.41, 5.74) is 1.98. The van der Waals surface area contributed by atoms with E-state index in [1.54, 1.807) is 40.7 Å². The van der Waals surface area contributed by atoms with E-state index in [1.165, 1.54) is 5.56 Å². The van der Waals surface area contributed by atoms with Crippen LogP contribution in [0.25, 0.3) is 11.8 Å². The Labute approximate surface area is 132 Å². The van der Waals surface area contributed by atoms with Gasteiger partial charge >= 0.3 is 0 Å². The summed E-state index contributed by atoms with van der Waals surface area (Å²) in [5, 5.41) is 21.8. The van der Waals surface area contributed by atoms with Crippen molar-refractivity contribution >= 4 is 17.8 Å². The zero-order chi connectivity index (χ0) is 15.2. The summed E-state index contributed by atoms with van der Waals surface area (Å²) in [6.07, 6.45) is 4.15. The Morgan fingerprint density at radius 3 is 2.59 bits per heavy atom. The molecule has 0 atom stereocenters. The molecule has 6 heteroatoms. The fourth-order valence-electron chi connectivity index (χ4n) is 1.90. The topological polar surface area (TPSA) is 63.8 Å². The molecule has 2 aromatic carbocycles. The third kappa shape index (κ3) is 3.53. The molecule has 3 aromatic rings. The van der Waals surface area contributed by atoms with Crippen molar-refractivity contribution in [1.29, 1.82) is 0 Å². The molecule has 0 aliphatic carbocycles. The number of hydrogen-bond acceptors (Lipinski definition) is 5. The van der Waals surface area contributed by atoms with Gasteiger partial charge in [-0.3, -0.25) is 0 Å². The number of aromatic nitrogens is 4. The van der Waals surface area contributed by atoms with E-state index >= 15 is 0 Å². The van der Waals surface area contributed by atoms with Gasteiger partial charge in [0.05, 0.1) is 5.69 Å². The Hall–Kier alpha value is -2.60. The first-order valence-corrected chi connectivity index (χ1v) is 7.74. The number of rotatable bonds is 5. The van der Waals surface area contributed by atoms with Crippen LogP contribution in [0.1, 0.15) is 5.56 Å². The lowest BCUT2D eigenvalue weighted by Gasteiger charge is -2.03. The van der Waals surface area contributed by atoms with Crippen molar-refractivity contribution in [2.24, 2.45) is 0 Å². The lowest BCUT2D eigenvalue weighted by Crippen LogP contribution is -1.98. The lowest BCUT2D eigenvalue weighted by molar-refractivity contribution is 0.475. The Balaban J connectivity index is 1.66. The molecule has 0 saturated carbocycles. The number of benzene rings is 2. The van der Waals surface area contributed by atoms with E-state index in [1.807, 2.05) is 18.2 Å². The highest BCUT2D eigenvalue weighted by atomic mass is 32.2. The Kier molecular flexibility index (Phi) is 4.50. The van der Waals surface area contributed by atoms with Gasteiger partial charge < -0.3 is 5.11 Å². The van der Waals surface area contributed by atoms with Gasteiger partial charge in [0.2, 0.25) is 5.16 Å². The second-order valence-corrected chi connectivity index (χ2v) is 5.50. The van der Waals surface area contributed by atoms with Crippen molar-refractivity contribution in [3.63, 3.8) is 0 Å². The molecule has 0 saturated heterocycles. The van der Waals surface area contributed by atoms with Crippen LogP contribution in [0.4, 0.5) is 0 Å². The van der Waals surface area contributed by atoms with Gasteiger partial charge in [0, 0.05) is 5.75 Å². The number of nitrogens with zero attached hydrogens (tertiary/aromatic N) is 4. The minimum Gasteiger partial charge on any atom is -0.508 e. The van der Waals surface area contributed by atoms with E-state index in [2.05, 4.69) is 39.8 Å². The highest BCUT2D eigenvalue weighted by Gasteiger charge is 2.07. The van der Waals surface area contributed by atoms with Crippen molar-refractivity contribution in [2.45, 2.75) is 5.16 Å². The number of phenolic OH excluding ortho intramolecular Hbond substituents is 1. The maximum absolute atomic E-state index is 9.33. The molecule has 0 aliphatic heterocycles. The van der Waals surface area contributed by atoms with Gasteiger partial charge in [-0.1, -0.05) is 54.2 Å². The standard InChI is InChI=1S/C16H14N4OS/c21-15-10-8-14(9-11-15)20-16(17-18-19-20)22-12-4-7-13-5-2-1-3-6-13/h1-11,21H,12H2/b7-4-. The van der Waals surface area contributed by atoms with E-state index in [0.29, 0.717) is 5.16 Å². The molecule has 0 fully saturated rings. The van der Waals surface area contributed by atoms with Gasteiger partial charge in [-0.2, -0.15) is 4.68 Å². The summed E-state index contributed by atoms with van der Waals surface area (Å²) in [7, 11) is 0. The zero-order valence-corrected chi connectivity index (χ0v) is 12.5. The SMILES string of the molecule is Oc1ccc(-n2nnnc2SC/C=C\c2ccccc2)cc1. The lowest BCUT2D eigenvalue weighted by atomic mass is 10.2. The predicted octanol–water partition coefficient (Wildman–Crippen LogP) is 3.17. The molecule has 1 N–H and O–H groups in total. The Morgan fingerprint density at radius 1 is 1.05 bits per heavy atom. The smallest absolute Gasteiger partial charge is 0.214 e. The maximum Gasteiger partial charge on any atom is 0.214 e. The molecule has 0 unspecified atom stereocenters. The summed E-state index contributed by atoms with van der Waals surface area (Å²) in [5.74, 6) is 0.990. The highest BCUT2D eigenvalue weighted by Crippen LogP contribution is 2.20. The zero-order valence-electron chi connectivity index (χ0n) is 11.7. The minimum absolute atomic E-state index is 0.219. The Bertz CT molecular complexity index is 753. The molecule has 0 radical (unpaired) electrons. The molecule has 22 heavy (non-hydrogen) atoms. The summed E-state index contributed by atoms with van der Waals surface area (Å²) >= 11 is 1.55. The molecule has 0 aliphatic rings. The van der Waals surface area contributed by atoms with Crippen LogP contribution in [0.3, 0.4) is 0 Å². The van der Waals surface area contributed by atoms with Crippen molar-refractivity contribution in [3.05, 3.63) is 66.2 Å². The molecule has 0 bridgehead atoms. The van der Waals surface area contributed by atoms with Crippen molar-refractivity contribution < 1.29 is 5.11 Å². The molecule has 3 rings (SSSR count). The van der Waals surface area contributed by atoms with Crippen LogP contribution in [0.2, 0.25) is 0 Å². The molecule has 1 aromatic heterocycles. The number of hydrogen-bond donors (Lipinski definition) is 1. The first-order chi connectivity index (χ1) is 10.8. The molecular formula is C16H14N4OS. The predicted molar refractivity (Wildman–Crippen MR) is 87.0 cm³/mol. The van der Waals surface area contributed by atoms with Crippen molar-refractivity contribution in [3.8, 4) is 11.4 Å². The molecule has 0 amide bonds. The average Bonchev–Trinajstić information content (AvgIpc) is 3.02. The van der Waals surface area contributed by atoms with Gasteiger partial charge in [-0.25, -0.2) is 0 Å². The largest absolute Gasteiger partial charge is 0.508 e. The monoisotopic (exact) mass is 310 g/mol. The van der Waals surface area contributed by atoms with Crippen molar-refractivity contribution in [1.82, 2.24) is 20.2 Å². The average molecular weight is 310 g/mol. The van der Waals surface area contributed by atoms with Crippen molar-refractivity contribution in [2.75, 3.05) is 5.75 Å². The van der Waals surface area contributed by atoms with Crippen LogP contribution in [-0.4, -0.2) is 31.1 Å². The van der Waals surface area contributed by atoms with E-state index in [9.17, 15) is 5.11 Å². The number of aromatic hydroxyl groups is 1. The quantitative estimate of drug-likeness (QED) is 0.733.